The molecule has 0 aromatic carbocycles. The second-order valence-electron chi connectivity index (χ2n) is 5.85. The maximum absolute atomic E-state index is 12.1. The van der Waals surface area contributed by atoms with E-state index >= 15 is 0 Å². The van der Waals surface area contributed by atoms with Gasteiger partial charge < -0.3 is 15.3 Å². The van der Waals surface area contributed by atoms with Crippen molar-refractivity contribution in [2.45, 2.75) is 38.6 Å². The fourth-order valence-corrected chi connectivity index (χ4v) is 2.98. The van der Waals surface area contributed by atoms with Crippen LogP contribution in [0.4, 0.5) is 0 Å². The molecule has 6 nitrogen and oxygen atoms in total. The van der Waals surface area contributed by atoms with E-state index in [-0.39, 0.29) is 30.2 Å². The summed E-state index contributed by atoms with van der Waals surface area (Å²) < 4.78 is 0. The van der Waals surface area contributed by atoms with Gasteiger partial charge in [0.2, 0.25) is 11.8 Å². The zero-order valence-electron chi connectivity index (χ0n) is 11.3. The molecule has 2 rings (SSSR count). The van der Waals surface area contributed by atoms with Crippen molar-refractivity contribution in [1.82, 2.24) is 10.2 Å². The van der Waals surface area contributed by atoms with Crippen LogP contribution in [0.25, 0.3) is 0 Å². The number of nitrogens with one attached hydrogen (secondary N) is 1. The van der Waals surface area contributed by atoms with Gasteiger partial charge in [-0.15, -0.1) is 0 Å². The van der Waals surface area contributed by atoms with E-state index in [1.165, 1.54) is 4.90 Å². The highest BCUT2D eigenvalue weighted by Gasteiger charge is 2.46. The molecule has 3 atom stereocenters. The van der Waals surface area contributed by atoms with Gasteiger partial charge in [-0.1, -0.05) is 6.42 Å². The molecule has 2 aliphatic rings. The Morgan fingerprint density at radius 2 is 2.16 bits per heavy atom. The summed E-state index contributed by atoms with van der Waals surface area (Å²) in [5.74, 6) is -1.45. The van der Waals surface area contributed by atoms with Crippen LogP contribution in [-0.2, 0) is 14.4 Å². The number of aliphatic carboxylic acids is 1. The molecule has 19 heavy (non-hydrogen) atoms. The molecule has 3 unspecified atom stereocenters. The number of nitrogens with zero attached hydrogens (tertiary/aromatic N) is 1. The first-order valence-corrected chi connectivity index (χ1v) is 6.62. The van der Waals surface area contributed by atoms with E-state index in [0.29, 0.717) is 19.4 Å². The Hall–Kier alpha value is -1.59. The molecule has 0 spiro atoms. The summed E-state index contributed by atoms with van der Waals surface area (Å²) in [6.45, 7) is 2.10. The summed E-state index contributed by atoms with van der Waals surface area (Å²) in [6.07, 6.45) is 2.29. The number of rotatable bonds is 3. The van der Waals surface area contributed by atoms with Crippen LogP contribution >= 0.6 is 0 Å². The number of carbonyl (C=O) groups excluding carboxylic acids is 2. The van der Waals surface area contributed by atoms with Gasteiger partial charge >= 0.3 is 5.97 Å². The molecule has 2 fully saturated rings. The number of likely N-dealkylation sites (tertiary alicyclic amines) is 1. The van der Waals surface area contributed by atoms with Gasteiger partial charge in [-0.2, -0.15) is 0 Å². The van der Waals surface area contributed by atoms with Gasteiger partial charge in [-0.05, 0) is 19.8 Å². The van der Waals surface area contributed by atoms with E-state index in [1.807, 2.05) is 0 Å². The largest absolute Gasteiger partial charge is 0.481 e. The molecule has 0 aromatic heterocycles. The van der Waals surface area contributed by atoms with E-state index in [4.69, 9.17) is 0 Å². The second-order valence-corrected chi connectivity index (χ2v) is 5.85. The van der Waals surface area contributed by atoms with Crippen molar-refractivity contribution in [2.24, 2.45) is 11.3 Å². The molecule has 1 saturated heterocycles. The molecule has 1 aliphatic heterocycles. The van der Waals surface area contributed by atoms with Gasteiger partial charge in [-0.25, -0.2) is 0 Å². The lowest BCUT2D eigenvalue weighted by molar-refractivity contribution is -0.149. The fraction of sp³-hybridized carbons (Fsp3) is 0.769. The summed E-state index contributed by atoms with van der Waals surface area (Å²) in [7, 11) is 1.67. The van der Waals surface area contributed by atoms with Gasteiger partial charge in [0.1, 0.15) is 0 Å². The lowest BCUT2D eigenvalue weighted by Gasteiger charge is -2.28. The highest BCUT2D eigenvalue weighted by Crippen LogP contribution is 2.38. The molecule has 2 amide bonds. The van der Waals surface area contributed by atoms with Crippen molar-refractivity contribution in [3.63, 3.8) is 0 Å². The van der Waals surface area contributed by atoms with Gasteiger partial charge in [-0.3, -0.25) is 14.4 Å². The lowest BCUT2D eigenvalue weighted by Crippen LogP contribution is -2.49. The van der Waals surface area contributed by atoms with Crippen LogP contribution in [-0.4, -0.2) is 47.4 Å². The van der Waals surface area contributed by atoms with Crippen LogP contribution in [0.3, 0.4) is 0 Å². The van der Waals surface area contributed by atoms with Crippen molar-refractivity contribution in [3.8, 4) is 0 Å². The predicted octanol–water partition coefficient (Wildman–Crippen LogP) is 0.224. The number of hydrogen-bond acceptors (Lipinski definition) is 3. The molecule has 106 valence electrons. The first-order chi connectivity index (χ1) is 8.84. The molecule has 1 aliphatic carbocycles. The van der Waals surface area contributed by atoms with Crippen LogP contribution in [0.5, 0.6) is 0 Å². The SMILES string of the molecule is CN1CC(C(=O)NC2CCCC2(C)C(=O)O)CC1=O. The van der Waals surface area contributed by atoms with Crippen LogP contribution < -0.4 is 5.32 Å². The van der Waals surface area contributed by atoms with Gasteiger partial charge in [0.25, 0.3) is 0 Å². The van der Waals surface area contributed by atoms with E-state index in [9.17, 15) is 19.5 Å². The Bertz CT molecular complexity index is 423. The highest BCUT2D eigenvalue weighted by molar-refractivity contribution is 5.89. The Labute approximate surface area is 112 Å². The van der Waals surface area contributed by atoms with Crippen LogP contribution in [0.2, 0.25) is 0 Å². The van der Waals surface area contributed by atoms with E-state index in [2.05, 4.69) is 5.32 Å². The summed E-state index contributed by atoms with van der Waals surface area (Å²) in [5, 5.41) is 12.1. The Kier molecular flexibility index (Phi) is 3.52. The first kappa shape index (κ1) is 13.8. The quantitative estimate of drug-likeness (QED) is 0.767. The zero-order valence-corrected chi connectivity index (χ0v) is 11.3. The summed E-state index contributed by atoms with van der Waals surface area (Å²) >= 11 is 0. The molecule has 2 N–H and O–H groups in total. The van der Waals surface area contributed by atoms with Crippen molar-refractivity contribution in [3.05, 3.63) is 0 Å². The Balaban J connectivity index is 2.00. The third-order valence-electron chi connectivity index (χ3n) is 4.47. The molecule has 0 bridgehead atoms. The minimum Gasteiger partial charge on any atom is -0.481 e. The van der Waals surface area contributed by atoms with Gasteiger partial charge in [0.05, 0.1) is 11.3 Å². The smallest absolute Gasteiger partial charge is 0.311 e. The monoisotopic (exact) mass is 268 g/mol. The lowest BCUT2D eigenvalue weighted by atomic mass is 9.84. The number of hydrogen-bond donors (Lipinski definition) is 2. The average Bonchev–Trinajstić information content (AvgIpc) is 2.86. The van der Waals surface area contributed by atoms with Gasteiger partial charge in [0.15, 0.2) is 0 Å². The maximum Gasteiger partial charge on any atom is 0.311 e. The average molecular weight is 268 g/mol. The third kappa shape index (κ3) is 2.43. The summed E-state index contributed by atoms with van der Waals surface area (Å²) in [4.78, 5) is 36.4. The number of carboxylic acids is 1. The molecule has 1 saturated carbocycles. The Morgan fingerprint density at radius 3 is 2.68 bits per heavy atom. The van der Waals surface area contributed by atoms with Crippen molar-refractivity contribution in [2.75, 3.05) is 13.6 Å². The van der Waals surface area contributed by atoms with Crippen LogP contribution in [0.15, 0.2) is 0 Å². The number of carbonyl (C=O) groups is 3. The molecule has 0 radical (unpaired) electrons. The fourth-order valence-electron chi connectivity index (χ4n) is 2.98. The predicted molar refractivity (Wildman–Crippen MR) is 67.3 cm³/mol. The second kappa shape index (κ2) is 4.83. The normalized spacial score (nSPS) is 34.6. The minimum atomic E-state index is -0.885. The molecular weight excluding hydrogens is 248 g/mol. The summed E-state index contributed by atoms with van der Waals surface area (Å²) in [5.41, 5.74) is -0.885. The van der Waals surface area contributed by atoms with E-state index in [0.717, 1.165) is 6.42 Å². The molecule has 0 aromatic rings. The minimum absolute atomic E-state index is 0.0347. The summed E-state index contributed by atoms with van der Waals surface area (Å²) in [6, 6.07) is -0.335. The highest BCUT2D eigenvalue weighted by atomic mass is 16.4. The topological polar surface area (TPSA) is 86.7 Å². The molecular formula is C13H20N2O4. The van der Waals surface area contributed by atoms with Crippen molar-refractivity contribution in [1.29, 1.82) is 0 Å². The maximum atomic E-state index is 12.1. The van der Waals surface area contributed by atoms with Crippen LogP contribution in [0, 0.1) is 11.3 Å². The third-order valence-corrected chi connectivity index (χ3v) is 4.47. The number of amides is 2. The van der Waals surface area contributed by atoms with Crippen molar-refractivity contribution >= 4 is 17.8 Å². The van der Waals surface area contributed by atoms with Crippen molar-refractivity contribution < 1.29 is 19.5 Å². The van der Waals surface area contributed by atoms with Gasteiger partial charge in [0, 0.05) is 26.1 Å². The van der Waals surface area contributed by atoms with E-state index < -0.39 is 11.4 Å². The zero-order chi connectivity index (χ0) is 14.2. The van der Waals surface area contributed by atoms with E-state index in [1.54, 1.807) is 14.0 Å². The first-order valence-electron chi connectivity index (χ1n) is 6.62. The standard InChI is InChI=1S/C13H20N2O4/c1-13(12(18)19)5-3-4-9(13)14-11(17)8-6-10(16)15(2)7-8/h8-9H,3-7H2,1-2H3,(H,14,17)(H,18,19). The number of carboxylic acid groups (broad SMARTS) is 1. The Morgan fingerprint density at radius 1 is 1.47 bits per heavy atom. The molecule has 1 heterocycles. The molecule has 6 heteroatoms. The van der Waals surface area contributed by atoms with Crippen LogP contribution in [0.1, 0.15) is 32.6 Å².